The largest absolute Gasteiger partial charge is 0.322 e. The Morgan fingerprint density at radius 2 is 1.47 bits per heavy atom. The molecule has 0 aliphatic heterocycles. The van der Waals surface area contributed by atoms with Crippen LogP contribution in [0.25, 0.3) is 0 Å². The minimum Gasteiger partial charge on any atom is -0.322 e. The first-order valence-electron chi connectivity index (χ1n) is 10.6. The molecule has 0 spiro atoms. The zero-order chi connectivity index (χ0) is 24.1. The third kappa shape index (κ3) is 5.30. The third-order valence-corrected chi connectivity index (χ3v) is 7.35. The number of benzene rings is 4. The van der Waals surface area contributed by atoms with E-state index in [4.69, 9.17) is 11.6 Å². The second-order valence-corrected chi connectivity index (χ2v) is 10.1. The molecule has 4 rings (SSSR count). The smallest absolute Gasteiger partial charge is 0.264 e. The molecule has 0 fully saturated rings. The van der Waals surface area contributed by atoms with Crippen LogP contribution in [0, 0.1) is 6.92 Å². The maximum Gasteiger partial charge on any atom is 0.264 e. The summed E-state index contributed by atoms with van der Waals surface area (Å²) in [5.74, 6) is -0.239. The van der Waals surface area contributed by atoms with Gasteiger partial charge in [-0.25, -0.2) is 8.42 Å². The molecule has 0 saturated heterocycles. The summed E-state index contributed by atoms with van der Waals surface area (Å²) in [6.07, 6.45) is 0. The first-order valence-corrected chi connectivity index (χ1v) is 12.5. The highest BCUT2D eigenvalue weighted by molar-refractivity contribution is 7.92. The van der Waals surface area contributed by atoms with Gasteiger partial charge in [-0.15, -0.1) is 0 Å². The third-order valence-electron chi connectivity index (χ3n) is 5.35. The Hall–Kier alpha value is -3.61. The molecule has 1 amide bonds. The van der Waals surface area contributed by atoms with Crippen molar-refractivity contribution in [2.45, 2.75) is 18.4 Å². The summed E-state index contributed by atoms with van der Waals surface area (Å²) >= 11 is 6.22. The van der Waals surface area contributed by atoms with Crippen LogP contribution in [0.3, 0.4) is 0 Å². The van der Waals surface area contributed by atoms with Crippen LogP contribution < -0.4 is 9.62 Å². The zero-order valence-electron chi connectivity index (χ0n) is 18.5. The lowest BCUT2D eigenvalue weighted by Crippen LogP contribution is -2.31. The number of aryl methyl sites for hydroxylation is 1. The fourth-order valence-electron chi connectivity index (χ4n) is 3.52. The van der Waals surface area contributed by atoms with E-state index in [1.807, 2.05) is 37.3 Å². The molecule has 0 aliphatic rings. The summed E-state index contributed by atoms with van der Waals surface area (Å²) in [7, 11) is -3.86. The number of para-hydroxylation sites is 1. The van der Waals surface area contributed by atoms with Gasteiger partial charge in [-0.1, -0.05) is 66.2 Å². The second-order valence-electron chi connectivity index (χ2n) is 7.77. The number of rotatable bonds is 7. The highest BCUT2D eigenvalue weighted by atomic mass is 35.5. The van der Waals surface area contributed by atoms with Gasteiger partial charge in [0.25, 0.3) is 15.9 Å². The molecule has 7 heteroatoms. The minimum absolute atomic E-state index is 0.0823. The molecule has 34 heavy (non-hydrogen) atoms. The van der Waals surface area contributed by atoms with E-state index >= 15 is 0 Å². The van der Waals surface area contributed by atoms with E-state index in [0.29, 0.717) is 22.0 Å². The van der Waals surface area contributed by atoms with E-state index in [1.54, 1.807) is 72.8 Å². The van der Waals surface area contributed by atoms with Crippen molar-refractivity contribution in [2.24, 2.45) is 0 Å². The van der Waals surface area contributed by atoms with Crippen molar-refractivity contribution in [3.63, 3.8) is 0 Å². The molecule has 4 aromatic rings. The summed E-state index contributed by atoms with van der Waals surface area (Å²) in [4.78, 5) is 12.8. The number of anilines is 2. The van der Waals surface area contributed by atoms with Gasteiger partial charge in [0.05, 0.1) is 17.1 Å². The topological polar surface area (TPSA) is 66.5 Å². The number of hydrogen-bond donors (Lipinski definition) is 1. The Bertz CT molecular complexity index is 1390. The van der Waals surface area contributed by atoms with Crippen molar-refractivity contribution in [2.75, 3.05) is 9.62 Å². The molecular weight excluding hydrogens is 468 g/mol. The van der Waals surface area contributed by atoms with Crippen LogP contribution in [0.4, 0.5) is 11.4 Å². The number of carbonyl (C=O) groups is 1. The molecule has 4 aromatic carbocycles. The molecule has 5 nitrogen and oxygen atoms in total. The van der Waals surface area contributed by atoms with Gasteiger partial charge < -0.3 is 5.32 Å². The maximum atomic E-state index is 13.6. The van der Waals surface area contributed by atoms with E-state index in [1.165, 1.54) is 4.31 Å². The fraction of sp³-hybridized carbons (Fsp3) is 0.0741. The van der Waals surface area contributed by atoms with Gasteiger partial charge in [-0.2, -0.15) is 0 Å². The Kier molecular flexibility index (Phi) is 7.01. The highest BCUT2D eigenvalue weighted by Crippen LogP contribution is 2.31. The molecule has 0 aromatic heterocycles. The van der Waals surface area contributed by atoms with Gasteiger partial charge in [0.2, 0.25) is 0 Å². The van der Waals surface area contributed by atoms with Crippen LogP contribution in [0.2, 0.25) is 5.02 Å². The van der Waals surface area contributed by atoms with Gasteiger partial charge in [-0.05, 0) is 66.6 Å². The molecule has 0 saturated carbocycles. The van der Waals surface area contributed by atoms with Crippen LogP contribution >= 0.6 is 11.6 Å². The Morgan fingerprint density at radius 1 is 0.853 bits per heavy atom. The fourth-order valence-corrected chi connectivity index (χ4v) is 5.22. The average Bonchev–Trinajstić information content (AvgIpc) is 2.85. The van der Waals surface area contributed by atoms with Crippen LogP contribution in [0.5, 0.6) is 0 Å². The average molecular weight is 491 g/mol. The van der Waals surface area contributed by atoms with Crippen LogP contribution in [0.15, 0.2) is 108 Å². The van der Waals surface area contributed by atoms with Crippen molar-refractivity contribution < 1.29 is 13.2 Å². The summed E-state index contributed by atoms with van der Waals surface area (Å²) in [6, 6.07) is 29.5. The van der Waals surface area contributed by atoms with Gasteiger partial charge in [-0.3, -0.25) is 9.10 Å². The molecule has 0 unspecified atom stereocenters. The van der Waals surface area contributed by atoms with E-state index < -0.39 is 10.0 Å². The van der Waals surface area contributed by atoms with E-state index in [0.717, 1.165) is 11.1 Å². The normalized spacial score (nSPS) is 11.1. The molecule has 0 radical (unpaired) electrons. The number of hydrogen-bond acceptors (Lipinski definition) is 3. The van der Waals surface area contributed by atoms with E-state index in [9.17, 15) is 13.2 Å². The quantitative estimate of drug-likeness (QED) is 0.330. The zero-order valence-corrected chi connectivity index (χ0v) is 20.1. The molecule has 0 atom stereocenters. The predicted molar refractivity (Wildman–Crippen MR) is 137 cm³/mol. The van der Waals surface area contributed by atoms with Crippen LogP contribution in [-0.2, 0) is 16.6 Å². The highest BCUT2D eigenvalue weighted by Gasteiger charge is 2.26. The SMILES string of the molecule is Cc1ccc(Cl)cc1N(Cc1ccc(C(=O)Nc2ccccc2)cc1)S(=O)(=O)c1ccccc1. The first kappa shape index (κ1) is 23.5. The molecule has 0 bridgehead atoms. The number of carbonyl (C=O) groups excluding carboxylic acids is 1. The van der Waals surface area contributed by atoms with Gasteiger partial charge in [0.15, 0.2) is 0 Å². The van der Waals surface area contributed by atoms with Crippen molar-refractivity contribution in [1.29, 1.82) is 0 Å². The lowest BCUT2D eigenvalue weighted by atomic mass is 10.1. The van der Waals surface area contributed by atoms with Crippen molar-refractivity contribution in [1.82, 2.24) is 0 Å². The summed E-state index contributed by atoms with van der Waals surface area (Å²) in [6.45, 7) is 1.93. The first-order chi connectivity index (χ1) is 16.3. The van der Waals surface area contributed by atoms with Crippen molar-refractivity contribution >= 4 is 38.9 Å². The predicted octanol–water partition coefficient (Wildman–Crippen LogP) is 6.30. The molecule has 1 N–H and O–H groups in total. The Balaban J connectivity index is 1.64. The number of nitrogens with zero attached hydrogens (tertiary/aromatic N) is 1. The lowest BCUT2D eigenvalue weighted by Gasteiger charge is -2.26. The van der Waals surface area contributed by atoms with E-state index in [-0.39, 0.29) is 17.3 Å². The lowest BCUT2D eigenvalue weighted by molar-refractivity contribution is 0.102. The summed E-state index contributed by atoms with van der Waals surface area (Å²) in [5.41, 5.74) is 3.19. The van der Waals surface area contributed by atoms with Gasteiger partial charge >= 0.3 is 0 Å². The number of amides is 1. The van der Waals surface area contributed by atoms with Gasteiger partial charge in [0.1, 0.15) is 0 Å². The summed E-state index contributed by atoms with van der Waals surface area (Å²) in [5, 5.41) is 3.29. The second kappa shape index (κ2) is 10.1. The number of halogens is 1. The minimum atomic E-state index is -3.86. The number of sulfonamides is 1. The van der Waals surface area contributed by atoms with Crippen LogP contribution in [0.1, 0.15) is 21.5 Å². The van der Waals surface area contributed by atoms with Crippen LogP contribution in [-0.4, -0.2) is 14.3 Å². The monoisotopic (exact) mass is 490 g/mol. The van der Waals surface area contributed by atoms with Gasteiger partial charge in [0, 0.05) is 16.3 Å². The molecule has 0 aliphatic carbocycles. The summed E-state index contributed by atoms with van der Waals surface area (Å²) < 4.78 is 28.5. The van der Waals surface area contributed by atoms with Crippen molar-refractivity contribution in [3.05, 3.63) is 125 Å². The maximum absolute atomic E-state index is 13.6. The number of nitrogens with one attached hydrogen (secondary N) is 1. The Labute approximate surface area is 204 Å². The van der Waals surface area contributed by atoms with E-state index in [2.05, 4.69) is 5.32 Å². The molecular formula is C27H23ClN2O3S. The standard InChI is InChI=1S/C27H23ClN2O3S/c1-20-12-17-23(28)18-26(20)30(34(32,33)25-10-6-3-7-11-25)19-21-13-15-22(16-14-21)27(31)29-24-8-4-2-5-9-24/h2-18H,19H2,1H3,(H,29,31). The molecule has 172 valence electrons. The Morgan fingerprint density at radius 3 is 2.12 bits per heavy atom. The van der Waals surface area contributed by atoms with Crippen molar-refractivity contribution in [3.8, 4) is 0 Å². The molecule has 0 heterocycles.